The third-order valence-corrected chi connectivity index (χ3v) is 24.1. The van der Waals surface area contributed by atoms with Gasteiger partial charge in [-0.3, -0.25) is 0 Å². The first kappa shape index (κ1) is 59.4. The van der Waals surface area contributed by atoms with Crippen LogP contribution in [0.5, 0.6) is 0 Å². The lowest BCUT2D eigenvalue weighted by atomic mass is 9.63. The molecule has 0 aliphatic heterocycles. The van der Waals surface area contributed by atoms with Crippen LogP contribution < -0.4 is 0 Å². The van der Waals surface area contributed by atoms with E-state index in [1.54, 1.807) is 0 Å². The minimum Gasteiger partial charge on any atom is -0.0622 e. The molecule has 0 saturated heterocycles. The highest BCUT2D eigenvalue weighted by Crippen LogP contribution is 2.77. The summed E-state index contributed by atoms with van der Waals surface area (Å²) in [5.41, 5.74) is 42.8. The number of hydrogen-bond acceptors (Lipinski definition) is 0. The second kappa shape index (κ2) is 22.9. The van der Waals surface area contributed by atoms with Crippen LogP contribution in [-0.2, 0) is 16.2 Å². The predicted molar refractivity (Wildman–Crippen MR) is 435 cm³/mol. The molecule has 0 amide bonds. The van der Waals surface area contributed by atoms with Gasteiger partial charge in [-0.25, -0.2) is 0 Å². The fourth-order valence-corrected chi connectivity index (χ4v) is 20.2. The molecule has 0 fully saturated rings. The van der Waals surface area contributed by atoms with Gasteiger partial charge >= 0.3 is 0 Å². The molecule has 16 aromatic rings. The van der Waals surface area contributed by atoms with Gasteiger partial charge in [-0.05, 0) is 237 Å². The van der Waals surface area contributed by atoms with E-state index in [1.807, 2.05) is 0 Å². The van der Waals surface area contributed by atoms with Crippen LogP contribution >= 0.6 is 0 Å². The summed E-state index contributed by atoms with van der Waals surface area (Å²) in [6.45, 7) is 0. The van der Waals surface area contributed by atoms with E-state index in [9.17, 15) is 0 Å². The molecule has 0 radical (unpaired) electrons. The summed E-state index contributed by atoms with van der Waals surface area (Å²) in [5.74, 6) is 0. The Kier molecular flexibility index (Phi) is 12.9. The molecule has 6 aliphatic rings. The monoisotopic (exact) mass is 1330 g/mol. The third kappa shape index (κ3) is 8.17. The number of hydrogen-bond donors (Lipinski definition) is 0. The fraction of sp³-hybridized carbons (Fsp3) is 0.0286. The zero-order chi connectivity index (χ0) is 69.0. The van der Waals surface area contributed by atoms with Gasteiger partial charge in [0.05, 0.1) is 16.2 Å². The maximum atomic E-state index is 2.62. The average Bonchev–Trinajstić information content (AvgIpc) is 1.45. The van der Waals surface area contributed by atoms with E-state index in [0.717, 1.165) is 16.7 Å². The topological polar surface area (TPSA) is 0 Å². The van der Waals surface area contributed by atoms with Crippen LogP contribution in [0.4, 0.5) is 0 Å². The van der Waals surface area contributed by atoms with Crippen molar-refractivity contribution in [3.8, 4) is 66.8 Å². The Morgan fingerprint density at radius 1 is 0.162 bits per heavy atom. The van der Waals surface area contributed by atoms with Gasteiger partial charge in [0.2, 0.25) is 0 Å². The molecular formula is C105H66. The van der Waals surface area contributed by atoms with Crippen molar-refractivity contribution in [2.45, 2.75) is 16.2 Å². The van der Waals surface area contributed by atoms with Gasteiger partial charge in [0.1, 0.15) is 0 Å². The fourth-order valence-electron chi connectivity index (χ4n) is 20.2. The van der Waals surface area contributed by atoms with Gasteiger partial charge in [0.15, 0.2) is 0 Å². The van der Waals surface area contributed by atoms with Gasteiger partial charge in [-0.1, -0.05) is 364 Å². The minimum absolute atomic E-state index is 0.838. The lowest BCUT2D eigenvalue weighted by molar-refractivity contribution is 0.764. The summed E-state index contributed by atoms with van der Waals surface area (Å²) in [5, 5.41) is 0. The first-order valence-electron chi connectivity index (χ1n) is 36.9. The Bertz CT molecular complexity index is 5500. The van der Waals surface area contributed by atoms with Crippen LogP contribution in [-0.4, -0.2) is 0 Å². The molecule has 0 heterocycles. The highest BCUT2D eigenvalue weighted by molar-refractivity contribution is 6.14. The van der Waals surface area contributed by atoms with Gasteiger partial charge in [0, 0.05) is 0 Å². The van der Waals surface area contributed by atoms with Crippen LogP contribution in [0.1, 0.15) is 117 Å². The minimum atomic E-state index is -0.838. The Morgan fingerprint density at radius 2 is 0.343 bits per heavy atom. The Labute approximate surface area is 612 Å². The highest BCUT2D eigenvalue weighted by atomic mass is 14.7. The van der Waals surface area contributed by atoms with Crippen molar-refractivity contribution in [1.82, 2.24) is 0 Å². The van der Waals surface area contributed by atoms with E-state index in [2.05, 4.69) is 400 Å². The molecule has 0 saturated carbocycles. The number of benzene rings is 16. The first-order valence-corrected chi connectivity index (χ1v) is 36.9. The maximum Gasteiger partial charge on any atom is 0.0731 e. The zero-order valence-corrected chi connectivity index (χ0v) is 57.6. The van der Waals surface area contributed by atoms with Crippen molar-refractivity contribution in [2.24, 2.45) is 0 Å². The Balaban J connectivity index is 0.958. The van der Waals surface area contributed by atoms with Gasteiger partial charge in [0.25, 0.3) is 0 Å². The van der Waals surface area contributed by atoms with Crippen molar-refractivity contribution in [2.75, 3.05) is 0 Å². The molecular weight excluding hydrogens is 1260 g/mol. The van der Waals surface area contributed by atoms with Crippen LogP contribution in [0.2, 0.25) is 0 Å². The number of fused-ring (bicyclic) bond motifs is 33. The third-order valence-electron chi connectivity index (χ3n) is 24.1. The quantitative estimate of drug-likeness (QED) is 0.126. The van der Waals surface area contributed by atoms with E-state index in [1.165, 1.54) is 184 Å². The lowest BCUT2D eigenvalue weighted by Gasteiger charge is -2.37. The summed E-state index contributed by atoms with van der Waals surface area (Å²) in [6, 6.07) is 146. The van der Waals surface area contributed by atoms with Crippen LogP contribution in [0.25, 0.3) is 102 Å². The average molecular weight is 1330 g/mol. The van der Waals surface area contributed by atoms with E-state index >= 15 is 0 Å². The normalized spacial score (nSPS) is 13.9. The predicted octanol–water partition coefficient (Wildman–Crippen LogP) is 25.5. The summed E-state index contributed by atoms with van der Waals surface area (Å²) in [4.78, 5) is 0. The molecule has 16 aromatic carbocycles. The van der Waals surface area contributed by atoms with Crippen molar-refractivity contribution in [1.29, 1.82) is 0 Å². The standard InChI is InChI=1S/C105H66/c1-7-31-70(32-8-1)85(71-33-9-2-10-34-71)61-67-55-58-82-94(64-67)103(88-49-25-19-43-76(88)77-44-20-26-50-89(77)103)100-97(82)101-99(84-60-57-69(63-87(74-39-15-5-16-40-74)75-41-17-6-18-42-75)66-96(84)104(101)90-51-27-21-45-78(90)79-46-22-28-52-91(79)104)102-98(100)83-59-56-68(62-86(72-35-11-3-12-36-72)73-37-13-4-14-38-73)65-95(83)105(102)92-53-29-23-47-80(92)81-48-24-30-54-93(81)105/h1-66H. The number of rotatable bonds is 9. The van der Waals surface area contributed by atoms with Crippen LogP contribution in [0.15, 0.2) is 382 Å². The van der Waals surface area contributed by atoms with Crippen molar-refractivity contribution >= 4 is 34.9 Å². The van der Waals surface area contributed by atoms with Crippen LogP contribution in [0.3, 0.4) is 0 Å². The van der Waals surface area contributed by atoms with Crippen molar-refractivity contribution in [3.63, 3.8) is 0 Å². The Hall–Kier alpha value is -13.3. The van der Waals surface area contributed by atoms with Crippen molar-refractivity contribution in [3.05, 3.63) is 499 Å². The first-order chi connectivity index (χ1) is 52.1. The molecule has 486 valence electrons. The van der Waals surface area contributed by atoms with Gasteiger partial charge in [-0.15, -0.1) is 0 Å². The molecule has 0 nitrogen and oxygen atoms in total. The second-order valence-electron chi connectivity index (χ2n) is 29.1. The molecule has 0 bridgehead atoms. The SMILES string of the molecule is C(=C(c1ccccc1)c1ccccc1)c1ccc2c(c1)C1(c3ccccc3-c3ccccc31)c1c-2c2c(c3c1-c1ccc(C=C(c4ccccc4)c4ccccc4)cc1C31c3ccccc3-c3ccccc31)-c1ccc(C=C(c3ccccc3)c3ccccc3)cc1C21c2ccccc2-c2ccccc21. The van der Waals surface area contributed by atoms with E-state index in [4.69, 9.17) is 0 Å². The molecule has 0 atom stereocenters. The van der Waals surface area contributed by atoms with E-state index in [0.29, 0.717) is 0 Å². The molecule has 6 aliphatic carbocycles. The summed E-state index contributed by atoms with van der Waals surface area (Å²) in [7, 11) is 0. The molecule has 105 heavy (non-hydrogen) atoms. The van der Waals surface area contributed by atoms with Gasteiger partial charge < -0.3 is 0 Å². The molecule has 3 spiro atoms. The van der Waals surface area contributed by atoms with Crippen molar-refractivity contribution < 1.29 is 0 Å². The molecule has 0 N–H and O–H groups in total. The second-order valence-corrected chi connectivity index (χ2v) is 29.1. The zero-order valence-electron chi connectivity index (χ0n) is 57.6. The maximum absolute atomic E-state index is 2.62. The summed E-state index contributed by atoms with van der Waals surface area (Å²) in [6.07, 6.45) is 7.38. The molecule has 0 heteroatoms. The van der Waals surface area contributed by atoms with Crippen LogP contribution in [0, 0.1) is 0 Å². The Morgan fingerprint density at radius 3 is 0.543 bits per heavy atom. The van der Waals surface area contributed by atoms with E-state index in [-0.39, 0.29) is 0 Å². The summed E-state index contributed by atoms with van der Waals surface area (Å²) < 4.78 is 0. The highest BCUT2D eigenvalue weighted by Gasteiger charge is 2.64. The molecule has 22 rings (SSSR count). The molecule has 0 aromatic heterocycles. The molecule has 0 unspecified atom stereocenters. The summed E-state index contributed by atoms with van der Waals surface area (Å²) >= 11 is 0. The lowest BCUT2D eigenvalue weighted by Crippen LogP contribution is -2.31. The largest absolute Gasteiger partial charge is 0.0731 e. The smallest absolute Gasteiger partial charge is 0.0622 e. The van der Waals surface area contributed by atoms with E-state index < -0.39 is 16.2 Å². The van der Waals surface area contributed by atoms with Gasteiger partial charge in [-0.2, -0.15) is 0 Å².